The van der Waals surface area contributed by atoms with Crippen LogP contribution in [0.4, 0.5) is 10.5 Å². The number of urea groups is 1. The topological polar surface area (TPSA) is 50.2 Å². The zero-order chi connectivity index (χ0) is 18.7. The Balaban J connectivity index is 0.000000433. The van der Waals surface area contributed by atoms with Crippen LogP contribution in [0, 0.1) is 5.92 Å². The van der Waals surface area contributed by atoms with Gasteiger partial charge in [-0.25, -0.2) is 4.79 Å². The molecule has 1 aliphatic heterocycles. The van der Waals surface area contributed by atoms with Crippen LogP contribution in [0.1, 0.15) is 46.5 Å². The smallest absolute Gasteiger partial charge is 0.319 e. The molecular formula is C21H30N4O. The number of carbonyl (C=O) groups is 1. The monoisotopic (exact) mass is 354 g/mol. The molecule has 1 N–H and O–H groups in total. The number of aryl methyl sites for hydroxylation is 1. The Morgan fingerprint density at radius 3 is 2.54 bits per heavy atom. The third-order valence-electron chi connectivity index (χ3n) is 5.18. The summed E-state index contributed by atoms with van der Waals surface area (Å²) >= 11 is 0. The fraction of sp³-hybridized carbons (Fsp3) is 0.524. The van der Waals surface area contributed by atoms with Gasteiger partial charge in [0, 0.05) is 36.6 Å². The predicted octanol–water partition coefficient (Wildman–Crippen LogP) is 4.91. The van der Waals surface area contributed by atoms with Gasteiger partial charge in [-0.05, 0) is 43.9 Å². The molecule has 0 radical (unpaired) electrons. The quantitative estimate of drug-likeness (QED) is 0.851. The molecule has 5 heteroatoms. The Hall–Kier alpha value is -2.30. The van der Waals surface area contributed by atoms with Crippen molar-refractivity contribution in [2.45, 2.75) is 58.5 Å². The average molecular weight is 354 g/mol. The van der Waals surface area contributed by atoms with E-state index in [0.717, 1.165) is 35.7 Å². The van der Waals surface area contributed by atoms with Crippen LogP contribution in [0.2, 0.25) is 0 Å². The van der Waals surface area contributed by atoms with Crippen molar-refractivity contribution in [3.8, 4) is 11.3 Å². The number of likely N-dealkylation sites (tertiary alicyclic amines) is 1. The highest BCUT2D eigenvalue weighted by Crippen LogP contribution is 2.29. The maximum Gasteiger partial charge on any atom is 0.322 e. The molecular weight excluding hydrogens is 324 g/mol. The van der Waals surface area contributed by atoms with Crippen LogP contribution < -0.4 is 5.32 Å². The molecule has 2 amide bonds. The first-order valence-electron chi connectivity index (χ1n) is 9.67. The first-order valence-corrected chi connectivity index (χ1v) is 9.67. The van der Waals surface area contributed by atoms with E-state index in [-0.39, 0.29) is 6.03 Å². The van der Waals surface area contributed by atoms with Crippen LogP contribution in [0.25, 0.3) is 11.3 Å². The van der Waals surface area contributed by atoms with Crippen LogP contribution in [-0.2, 0) is 7.05 Å². The average Bonchev–Trinajstić information content (AvgIpc) is 3.26. The lowest BCUT2D eigenvalue weighted by Gasteiger charge is -2.46. The number of hydrogen-bond donors (Lipinski definition) is 1. The molecule has 2 aromatic rings. The van der Waals surface area contributed by atoms with Gasteiger partial charge in [0.15, 0.2) is 0 Å². The fourth-order valence-corrected chi connectivity index (χ4v) is 3.25. The molecule has 1 saturated carbocycles. The summed E-state index contributed by atoms with van der Waals surface area (Å²) < 4.78 is 1.77. The maximum absolute atomic E-state index is 12.4. The summed E-state index contributed by atoms with van der Waals surface area (Å²) in [7, 11) is 1.89. The van der Waals surface area contributed by atoms with E-state index in [0.29, 0.717) is 12.1 Å². The second kappa shape index (κ2) is 7.94. The van der Waals surface area contributed by atoms with E-state index in [1.807, 2.05) is 48.5 Å². The number of carbonyl (C=O) groups excluding carboxylic acids is 1. The largest absolute Gasteiger partial charge is 0.322 e. The molecule has 1 aromatic heterocycles. The van der Waals surface area contributed by atoms with Crippen molar-refractivity contribution in [3.63, 3.8) is 0 Å². The van der Waals surface area contributed by atoms with Crippen LogP contribution >= 0.6 is 0 Å². The second-order valence-corrected chi connectivity index (χ2v) is 7.62. The van der Waals surface area contributed by atoms with Gasteiger partial charge < -0.3 is 10.2 Å². The number of hydrogen-bond acceptors (Lipinski definition) is 2. The first-order chi connectivity index (χ1) is 12.5. The summed E-state index contributed by atoms with van der Waals surface area (Å²) in [6, 6.07) is 10.5. The third-order valence-corrected chi connectivity index (χ3v) is 5.18. The normalized spacial score (nSPS) is 21.5. The molecule has 0 spiro atoms. The van der Waals surface area contributed by atoms with Gasteiger partial charge >= 0.3 is 6.03 Å². The molecule has 2 unspecified atom stereocenters. The summed E-state index contributed by atoms with van der Waals surface area (Å²) in [5.41, 5.74) is 2.71. The SMILES string of the molecule is CC1CC1.CCC1CC(C)N1C(=O)Nc1cccc(-c2ccn(C)n2)c1. The van der Waals surface area contributed by atoms with Gasteiger partial charge in [-0.3, -0.25) is 4.68 Å². The Kier molecular flexibility index (Phi) is 5.64. The summed E-state index contributed by atoms with van der Waals surface area (Å²) in [6.07, 6.45) is 6.98. The van der Waals surface area contributed by atoms with E-state index >= 15 is 0 Å². The van der Waals surface area contributed by atoms with Gasteiger partial charge in [0.2, 0.25) is 0 Å². The molecule has 2 aliphatic rings. The van der Waals surface area contributed by atoms with E-state index in [1.54, 1.807) is 4.68 Å². The highest BCUT2D eigenvalue weighted by molar-refractivity contribution is 5.91. The van der Waals surface area contributed by atoms with Crippen molar-refractivity contribution in [2.75, 3.05) is 5.32 Å². The molecule has 26 heavy (non-hydrogen) atoms. The van der Waals surface area contributed by atoms with Gasteiger partial charge in [-0.15, -0.1) is 0 Å². The molecule has 0 bridgehead atoms. The summed E-state index contributed by atoms with van der Waals surface area (Å²) in [5, 5.41) is 7.40. The Morgan fingerprint density at radius 1 is 1.27 bits per heavy atom. The van der Waals surface area contributed by atoms with Crippen molar-refractivity contribution < 1.29 is 4.79 Å². The second-order valence-electron chi connectivity index (χ2n) is 7.62. The van der Waals surface area contributed by atoms with Crippen molar-refractivity contribution in [2.24, 2.45) is 13.0 Å². The third kappa shape index (κ3) is 4.45. The molecule has 1 aromatic carbocycles. The highest BCUT2D eigenvalue weighted by Gasteiger charge is 2.37. The molecule has 2 atom stereocenters. The lowest BCUT2D eigenvalue weighted by Crippen LogP contribution is -2.58. The van der Waals surface area contributed by atoms with Gasteiger partial charge in [0.1, 0.15) is 0 Å². The van der Waals surface area contributed by atoms with Gasteiger partial charge in [0.25, 0.3) is 0 Å². The van der Waals surface area contributed by atoms with Crippen LogP contribution in [0.15, 0.2) is 36.5 Å². The van der Waals surface area contributed by atoms with Gasteiger partial charge in [-0.2, -0.15) is 5.10 Å². The molecule has 1 aliphatic carbocycles. The van der Waals surface area contributed by atoms with Crippen LogP contribution in [-0.4, -0.2) is 32.8 Å². The number of rotatable bonds is 3. The molecule has 5 nitrogen and oxygen atoms in total. The minimum Gasteiger partial charge on any atom is -0.319 e. The number of benzene rings is 1. The highest BCUT2D eigenvalue weighted by atomic mass is 16.2. The zero-order valence-corrected chi connectivity index (χ0v) is 16.3. The van der Waals surface area contributed by atoms with Crippen molar-refractivity contribution >= 4 is 11.7 Å². The first kappa shape index (κ1) is 18.5. The summed E-state index contributed by atoms with van der Waals surface area (Å²) in [4.78, 5) is 14.4. The number of nitrogens with one attached hydrogen (secondary N) is 1. The van der Waals surface area contributed by atoms with E-state index in [2.05, 4.69) is 31.2 Å². The number of nitrogens with zero attached hydrogens (tertiary/aromatic N) is 3. The van der Waals surface area contributed by atoms with Crippen molar-refractivity contribution in [1.29, 1.82) is 0 Å². The minimum absolute atomic E-state index is 0.0104. The summed E-state index contributed by atoms with van der Waals surface area (Å²) in [6.45, 7) is 6.49. The standard InChI is InChI=1S/C17H22N4O.C4H8/c1-4-15-10-12(2)21(15)17(22)18-14-7-5-6-13(11-14)16-8-9-20(3)19-16;1-4-2-3-4/h5-9,11-12,15H,4,10H2,1-3H3,(H,18,22);4H,2-3H2,1H3. The molecule has 2 fully saturated rings. The summed E-state index contributed by atoms with van der Waals surface area (Å²) in [5.74, 6) is 1.08. The lowest BCUT2D eigenvalue weighted by atomic mass is 9.93. The van der Waals surface area contributed by atoms with Crippen LogP contribution in [0.3, 0.4) is 0 Å². The van der Waals surface area contributed by atoms with E-state index in [4.69, 9.17) is 0 Å². The Labute approximate surface area is 156 Å². The molecule has 1 saturated heterocycles. The number of anilines is 1. The Morgan fingerprint density at radius 2 is 2.00 bits per heavy atom. The van der Waals surface area contributed by atoms with E-state index in [1.165, 1.54) is 12.8 Å². The number of amides is 2. The molecule has 140 valence electrons. The molecule has 2 heterocycles. The van der Waals surface area contributed by atoms with Gasteiger partial charge in [0.05, 0.1) is 5.69 Å². The maximum atomic E-state index is 12.4. The predicted molar refractivity (Wildman–Crippen MR) is 106 cm³/mol. The van der Waals surface area contributed by atoms with E-state index < -0.39 is 0 Å². The Bertz CT molecular complexity index is 750. The lowest BCUT2D eigenvalue weighted by molar-refractivity contribution is 0.0688. The molecule has 4 rings (SSSR count). The van der Waals surface area contributed by atoms with Crippen molar-refractivity contribution in [1.82, 2.24) is 14.7 Å². The van der Waals surface area contributed by atoms with Crippen LogP contribution in [0.5, 0.6) is 0 Å². The van der Waals surface area contributed by atoms with Gasteiger partial charge in [-0.1, -0.05) is 38.8 Å². The zero-order valence-electron chi connectivity index (χ0n) is 16.3. The number of aromatic nitrogens is 2. The van der Waals surface area contributed by atoms with E-state index in [9.17, 15) is 4.79 Å². The van der Waals surface area contributed by atoms with Crippen molar-refractivity contribution in [3.05, 3.63) is 36.5 Å². The minimum atomic E-state index is -0.0104. The fourth-order valence-electron chi connectivity index (χ4n) is 3.25.